The molecule has 18 heteroatoms. The molecule has 0 saturated heterocycles. The van der Waals surface area contributed by atoms with Crippen molar-refractivity contribution in [3.8, 4) is 0 Å². The summed E-state index contributed by atoms with van der Waals surface area (Å²) in [4.78, 5) is 31.9. The van der Waals surface area contributed by atoms with Gasteiger partial charge in [-0.3, -0.25) is 4.79 Å². The highest BCUT2D eigenvalue weighted by Crippen LogP contribution is 2.42. The van der Waals surface area contributed by atoms with Gasteiger partial charge in [-0.05, 0) is 165 Å². The van der Waals surface area contributed by atoms with Crippen molar-refractivity contribution in [2.75, 3.05) is 20.8 Å². The summed E-state index contributed by atoms with van der Waals surface area (Å²) in [6, 6.07) is 14.1. The standard InChI is InChI=1S/C72H143IO11Si6/c1-30-58(19)63(80-86(31-2,32-3)33-4)50-49-56(17)47-46-48-64(81-87(34-5,35-6)36-7)66(77-27)53-67(78-71(75)59(20)51-57(18)54-73)70(84-90(43-14,44-15)45-16)68(74)61(22)69(83-89(40-11,41-12)42-13)60(21)65(82-88(37-8,38-9)39-10)52-62(55-76-26)79-85(28,29)72(23,24)25/h30,47,49-51,54,58,60-67,69-70H,1,31-46,48,52-53,55H2,2-29H3/b50-49+,56-47+,57-54+,59-51+/t58-,60+,61+,62-,63-,64+,65-,66+,67+,69+,70-/m1/s1. The van der Waals surface area contributed by atoms with E-state index in [-0.39, 0.29) is 53.5 Å². The number of esters is 1. The second kappa shape index (κ2) is 43.8. The molecule has 0 aliphatic carbocycles. The number of hydrogen-bond acceptors (Lipinski definition) is 11. The first-order chi connectivity index (χ1) is 42.2. The Morgan fingerprint density at radius 2 is 0.989 bits per heavy atom. The Labute approximate surface area is 576 Å². The lowest BCUT2D eigenvalue weighted by atomic mass is 9.82. The number of hydrogen-bond donors (Lipinski definition) is 0. The number of ketones is 1. The molecule has 90 heavy (non-hydrogen) atoms. The van der Waals surface area contributed by atoms with Gasteiger partial charge >= 0.3 is 5.97 Å². The van der Waals surface area contributed by atoms with Crippen LogP contribution >= 0.6 is 22.6 Å². The van der Waals surface area contributed by atoms with Gasteiger partial charge in [-0.15, -0.1) is 6.58 Å². The maximum absolute atomic E-state index is 16.9. The average molecular weight is 1480 g/mol. The van der Waals surface area contributed by atoms with Gasteiger partial charge in [0, 0.05) is 44.0 Å². The smallest absolute Gasteiger partial charge is 0.334 e. The Morgan fingerprint density at radius 1 is 0.556 bits per heavy atom. The molecule has 0 fully saturated rings. The summed E-state index contributed by atoms with van der Waals surface area (Å²) in [6.45, 7) is 62.4. The van der Waals surface area contributed by atoms with Crippen LogP contribution in [0.1, 0.15) is 192 Å². The second-order valence-electron chi connectivity index (χ2n) is 28.1. The van der Waals surface area contributed by atoms with E-state index in [0.29, 0.717) is 25.0 Å². The first-order valence-electron chi connectivity index (χ1n) is 36.0. The number of allylic oxidation sites excluding steroid dienone is 5. The molecule has 0 unspecified atom stereocenters. The minimum atomic E-state index is -2.66. The van der Waals surface area contributed by atoms with Crippen molar-refractivity contribution in [3.63, 3.8) is 0 Å². The maximum Gasteiger partial charge on any atom is 0.334 e. The number of ether oxygens (including phenoxy) is 3. The summed E-state index contributed by atoms with van der Waals surface area (Å²) < 4.78 is 67.0. The van der Waals surface area contributed by atoms with Crippen molar-refractivity contribution < 1.29 is 50.4 Å². The molecule has 0 aromatic heterocycles. The molecule has 0 aromatic carbocycles. The van der Waals surface area contributed by atoms with Crippen LogP contribution in [0.4, 0.5) is 0 Å². The Hall–Kier alpha value is -0.449. The molecule has 528 valence electrons. The van der Waals surface area contributed by atoms with Crippen LogP contribution in [-0.4, -0.2) is 131 Å². The van der Waals surface area contributed by atoms with Gasteiger partial charge in [-0.1, -0.05) is 198 Å². The van der Waals surface area contributed by atoms with Crippen molar-refractivity contribution in [1.82, 2.24) is 0 Å². The van der Waals surface area contributed by atoms with Crippen LogP contribution in [-0.2, 0) is 50.4 Å². The average Bonchev–Trinajstić information content (AvgIpc) is 1.19. The lowest BCUT2D eigenvalue weighted by molar-refractivity contribution is -0.160. The van der Waals surface area contributed by atoms with E-state index in [9.17, 15) is 4.79 Å². The van der Waals surface area contributed by atoms with Crippen LogP contribution in [0.15, 0.2) is 57.8 Å². The van der Waals surface area contributed by atoms with E-state index in [1.807, 2.05) is 23.2 Å². The van der Waals surface area contributed by atoms with Crippen molar-refractivity contribution >= 4 is 84.2 Å². The molecule has 0 rings (SSSR count). The normalized spacial score (nSPS) is 17.8. The Morgan fingerprint density at radius 3 is 1.40 bits per heavy atom. The zero-order valence-electron chi connectivity index (χ0n) is 63.5. The zero-order chi connectivity index (χ0) is 69.5. The molecule has 0 N–H and O–H groups in total. The molecule has 0 bridgehead atoms. The van der Waals surface area contributed by atoms with Gasteiger partial charge in [-0.2, -0.15) is 0 Å². The third-order valence-electron chi connectivity index (χ3n) is 22.1. The number of carbonyl (C=O) groups is 2. The first-order valence-corrected chi connectivity index (χ1v) is 52.8. The number of rotatable bonds is 51. The van der Waals surface area contributed by atoms with Crippen LogP contribution in [0.25, 0.3) is 0 Å². The third-order valence-corrected chi connectivity index (χ3v) is 50.9. The number of carbonyl (C=O) groups excluding carboxylic acids is 2. The van der Waals surface area contributed by atoms with E-state index >= 15 is 4.79 Å². The van der Waals surface area contributed by atoms with Gasteiger partial charge in [0.1, 0.15) is 12.2 Å². The van der Waals surface area contributed by atoms with E-state index in [0.717, 1.165) is 108 Å². The first kappa shape index (κ1) is 89.6. The minimum Gasteiger partial charge on any atom is -0.456 e. The molecule has 0 radical (unpaired) electrons. The topological polar surface area (TPSA) is 117 Å². The number of halogens is 1. The lowest BCUT2D eigenvalue weighted by Gasteiger charge is -2.46. The molecule has 11 nitrogen and oxygen atoms in total. The summed E-state index contributed by atoms with van der Waals surface area (Å²) in [5.41, 5.74) is 2.52. The molecule has 0 spiro atoms. The van der Waals surface area contributed by atoms with E-state index < -0.39 is 86.2 Å². The Kier molecular flexibility index (Phi) is 43.5. The molecule has 0 amide bonds. The molecule has 0 heterocycles. The monoisotopic (exact) mass is 1480 g/mol. The van der Waals surface area contributed by atoms with Crippen molar-refractivity contribution in [2.45, 2.75) is 349 Å². The van der Waals surface area contributed by atoms with Gasteiger partial charge in [0.15, 0.2) is 55.7 Å². The van der Waals surface area contributed by atoms with Gasteiger partial charge in [0.05, 0.1) is 43.2 Å². The summed E-state index contributed by atoms with van der Waals surface area (Å²) in [6.07, 6.45) is 8.61. The van der Waals surface area contributed by atoms with Gasteiger partial charge in [-0.25, -0.2) is 4.79 Å². The van der Waals surface area contributed by atoms with Gasteiger partial charge < -0.3 is 40.8 Å². The predicted octanol–water partition coefficient (Wildman–Crippen LogP) is 21.9. The highest BCUT2D eigenvalue weighted by molar-refractivity contribution is 14.1. The van der Waals surface area contributed by atoms with E-state index in [1.165, 1.54) is 0 Å². The van der Waals surface area contributed by atoms with Crippen LogP contribution < -0.4 is 0 Å². The summed E-state index contributed by atoms with van der Waals surface area (Å²) >= 11 is 2.21. The quantitative estimate of drug-likeness (QED) is 0.0145. The van der Waals surface area contributed by atoms with Gasteiger partial charge in [0.2, 0.25) is 0 Å². The molecular weight excluding hydrogens is 1340 g/mol. The van der Waals surface area contributed by atoms with Crippen LogP contribution in [0, 0.1) is 17.8 Å². The second-order valence-corrected chi connectivity index (χ2v) is 57.1. The van der Waals surface area contributed by atoms with Crippen molar-refractivity contribution in [3.05, 3.63) is 57.8 Å². The molecule has 11 atom stereocenters. The molecule has 0 aromatic rings. The van der Waals surface area contributed by atoms with E-state index in [2.05, 4.69) is 213 Å². The SMILES string of the molecule is C=C[C@@H](C)[C@@H](/C=C/C(C)=C/CC[C@H](O[Si](CC)(CC)CC)[C@H](C[C@H](OC(=O)/C(C)=C/C(C)=C/I)[C@@H](O[Si](CC)(CC)CC)C(=O)[C@H](C)[C@@H](O[Si](CC)(CC)CC)[C@@H](C)[C@@H](C[C@H](COC)O[Si](C)(C)C(C)(C)C)O[Si](CC)(CC)CC)OC)O[Si](CC)(CC)CC. The Bertz CT molecular complexity index is 2100. The number of methoxy groups -OCH3 is 2. The predicted molar refractivity (Wildman–Crippen MR) is 411 cm³/mol. The highest BCUT2D eigenvalue weighted by Gasteiger charge is 2.50. The van der Waals surface area contributed by atoms with Crippen LogP contribution in [0.2, 0.25) is 109 Å². The fourth-order valence-electron chi connectivity index (χ4n) is 12.8. The van der Waals surface area contributed by atoms with E-state index in [4.69, 9.17) is 40.8 Å². The molecule has 0 saturated carbocycles. The minimum absolute atomic E-state index is 0.0231. The third kappa shape index (κ3) is 27.1. The summed E-state index contributed by atoms with van der Waals surface area (Å²) in [5.74, 6) is -1.35. The number of Topliss-reactive ketones (excluding diaryl/α,β-unsaturated/α-hetero) is 1. The maximum atomic E-state index is 16.9. The van der Waals surface area contributed by atoms with Crippen molar-refractivity contribution in [2.24, 2.45) is 17.8 Å². The lowest BCUT2D eigenvalue weighted by Crippen LogP contribution is -2.56. The van der Waals surface area contributed by atoms with E-state index in [1.54, 1.807) is 21.1 Å². The van der Waals surface area contributed by atoms with Gasteiger partial charge in [0.25, 0.3) is 0 Å². The summed E-state index contributed by atoms with van der Waals surface area (Å²) in [7, 11) is -10.4. The van der Waals surface area contributed by atoms with Crippen LogP contribution in [0.3, 0.4) is 0 Å². The largest absolute Gasteiger partial charge is 0.456 e. The highest BCUT2D eigenvalue weighted by atomic mass is 127. The van der Waals surface area contributed by atoms with Crippen molar-refractivity contribution in [1.29, 1.82) is 0 Å². The zero-order valence-corrected chi connectivity index (χ0v) is 71.7. The fourth-order valence-corrected chi connectivity index (χ4v) is 28.8. The molecular formula is C72H143IO11Si6. The molecule has 0 aliphatic rings. The Balaban J connectivity index is 9.00. The fraction of sp³-hybridized carbons (Fsp3) is 0.833. The molecule has 0 aliphatic heterocycles. The van der Waals surface area contributed by atoms with Crippen LogP contribution in [0.5, 0.6) is 0 Å². The summed E-state index contributed by atoms with van der Waals surface area (Å²) in [5, 5.41) is -0.0231.